The third kappa shape index (κ3) is 3.96. The van der Waals surface area contributed by atoms with E-state index in [2.05, 4.69) is 4.98 Å². The quantitative estimate of drug-likeness (QED) is 0.802. The van der Waals surface area contributed by atoms with Crippen molar-refractivity contribution in [3.05, 3.63) is 34.6 Å². The molecule has 1 amide bonds. The SMILES string of the molecule is Cc1cc(C(=O)N(CCC(=O)O)C[C@H]2CCCO2)c(C)n1-c1nccs1. The second-order valence-electron chi connectivity index (χ2n) is 6.46. The lowest BCUT2D eigenvalue weighted by molar-refractivity contribution is -0.137. The van der Waals surface area contributed by atoms with Gasteiger partial charge in [0.1, 0.15) is 0 Å². The van der Waals surface area contributed by atoms with E-state index in [0.29, 0.717) is 18.7 Å². The highest BCUT2D eigenvalue weighted by molar-refractivity contribution is 7.12. The summed E-state index contributed by atoms with van der Waals surface area (Å²) < 4.78 is 7.60. The molecule has 0 radical (unpaired) electrons. The summed E-state index contributed by atoms with van der Waals surface area (Å²) in [5, 5.41) is 11.7. The zero-order valence-electron chi connectivity index (χ0n) is 15.0. The van der Waals surface area contributed by atoms with E-state index in [-0.39, 0.29) is 25.0 Å². The standard InChI is InChI=1S/C18H23N3O4S/c1-12-10-15(13(2)21(12)18-19-6-9-26-18)17(24)20(7-5-16(22)23)11-14-4-3-8-25-14/h6,9-10,14H,3-5,7-8,11H2,1-2H3,(H,22,23)/t14-/m1/s1. The highest BCUT2D eigenvalue weighted by Gasteiger charge is 2.27. The molecule has 3 rings (SSSR count). The number of rotatable bonds is 7. The van der Waals surface area contributed by atoms with Crippen LogP contribution in [-0.2, 0) is 9.53 Å². The van der Waals surface area contributed by atoms with Crippen molar-refractivity contribution in [2.75, 3.05) is 19.7 Å². The predicted octanol–water partition coefficient (Wildman–Crippen LogP) is 2.65. The van der Waals surface area contributed by atoms with Crippen LogP contribution in [0.3, 0.4) is 0 Å². The molecular formula is C18H23N3O4S. The van der Waals surface area contributed by atoms with E-state index < -0.39 is 5.97 Å². The summed E-state index contributed by atoms with van der Waals surface area (Å²) in [4.78, 5) is 30.1. The highest BCUT2D eigenvalue weighted by atomic mass is 32.1. The van der Waals surface area contributed by atoms with E-state index in [4.69, 9.17) is 9.84 Å². The molecule has 1 atom stereocenters. The van der Waals surface area contributed by atoms with Gasteiger partial charge in [-0.15, -0.1) is 11.3 Å². The summed E-state index contributed by atoms with van der Waals surface area (Å²) in [5.41, 5.74) is 2.33. The molecule has 1 saturated heterocycles. The molecule has 140 valence electrons. The average molecular weight is 377 g/mol. The van der Waals surface area contributed by atoms with E-state index >= 15 is 0 Å². The van der Waals surface area contributed by atoms with Gasteiger partial charge >= 0.3 is 5.97 Å². The smallest absolute Gasteiger partial charge is 0.305 e. The van der Waals surface area contributed by atoms with Crippen molar-refractivity contribution in [2.24, 2.45) is 0 Å². The second kappa shape index (κ2) is 8.01. The number of aromatic nitrogens is 2. The normalized spacial score (nSPS) is 16.8. The van der Waals surface area contributed by atoms with E-state index in [1.54, 1.807) is 11.1 Å². The molecule has 2 aromatic heterocycles. The molecule has 1 N–H and O–H groups in total. The molecule has 0 bridgehead atoms. The molecule has 1 aliphatic rings. The number of aliphatic carboxylic acids is 1. The molecule has 0 spiro atoms. The van der Waals surface area contributed by atoms with Crippen LogP contribution in [0.25, 0.3) is 5.13 Å². The third-order valence-electron chi connectivity index (χ3n) is 4.60. The maximum absolute atomic E-state index is 13.1. The molecule has 1 fully saturated rings. The first-order chi connectivity index (χ1) is 12.5. The number of thiazole rings is 1. The number of hydrogen-bond acceptors (Lipinski definition) is 5. The Morgan fingerprint density at radius 3 is 2.88 bits per heavy atom. The number of carboxylic acids is 1. The lowest BCUT2D eigenvalue weighted by Crippen LogP contribution is -2.39. The number of carbonyl (C=O) groups excluding carboxylic acids is 1. The van der Waals surface area contributed by atoms with Crippen molar-refractivity contribution in [3.63, 3.8) is 0 Å². The van der Waals surface area contributed by atoms with Crippen LogP contribution in [0, 0.1) is 13.8 Å². The van der Waals surface area contributed by atoms with Gasteiger partial charge in [-0.25, -0.2) is 4.98 Å². The first kappa shape index (κ1) is 18.6. The zero-order chi connectivity index (χ0) is 18.7. The fourth-order valence-corrected chi connectivity index (χ4v) is 4.06. The molecular weight excluding hydrogens is 354 g/mol. The number of aryl methyl sites for hydroxylation is 1. The first-order valence-electron chi connectivity index (χ1n) is 8.69. The van der Waals surface area contributed by atoms with Crippen molar-refractivity contribution in [1.29, 1.82) is 0 Å². The highest BCUT2D eigenvalue weighted by Crippen LogP contribution is 2.24. The Morgan fingerprint density at radius 1 is 1.46 bits per heavy atom. The topological polar surface area (TPSA) is 84.7 Å². The molecule has 0 aromatic carbocycles. The van der Waals surface area contributed by atoms with Gasteiger partial charge in [0.15, 0.2) is 5.13 Å². The number of amides is 1. The monoisotopic (exact) mass is 377 g/mol. The predicted molar refractivity (Wildman–Crippen MR) is 98.0 cm³/mol. The van der Waals surface area contributed by atoms with Crippen LogP contribution in [0.2, 0.25) is 0 Å². The number of carboxylic acid groups (broad SMARTS) is 1. The Kier molecular flexibility index (Phi) is 5.73. The Hall–Kier alpha value is -2.19. The number of hydrogen-bond donors (Lipinski definition) is 1. The van der Waals surface area contributed by atoms with Crippen LogP contribution in [0.1, 0.15) is 41.0 Å². The van der Waals surface area contributed by atoms with Gasteiger partial charge in [0, 0.05) is 42.7 Å². The van der Waals surface area contributed by atoms with Gasteiger partial charge in [0.05, 0.1) is 18.1 Å². The lowest BCUT2D eigenvalue weighted by atomic mass is 10.1. The fraction of sp³-hybridized carbons (Fsp3) is 0.500. The van der Waals surface area contributed by atoms with Crippen molar-refractivity contribution in [2.45, 2.75) is 39.2 Å². The fourth-order valence-electron chi connectivity index (χ4n) is 3.31. The first-order valence-corrected chi connectivity index (χ1v) is 9.57. The number of carbonyl (C=O) groups is 2. The minimum absolute atomic E-state index is 0.0183. The van der Waals surface area contributed by atoms with Crippen LogP contribution < -0.4 is 0 Å². The summed E-state index contributed by atoms with van der Waals surface area (Å²) >= 11 is 1.51. The summed E-state index contributed by atoms with van der Waals surface area (Å²) in [6, 6.07) is 1.85. The molecule has 2 aromatic rings. The van der Waals surface area contributed by atoms with Crippen molar-refractivity contribution in [3.8, 4) is 5.13 Å². The summed E-state index contributed by atoms with van der Waals surface area (Å²) in [5.74, 6) is -1.07. The van der Waals surface area contributed by atoms with E-state index in [1.807, 2.05) is 29.9 Å². The van der Waals surface area contributed by atoms with Gasteiger partial charge in [-0.2, -0.15) is 0 Å². The van der Waals surface area contributed by atoms with Crippen LogP contribution in [0.15, 0.2) is 17.6 Å². The largest absolute Gasteiger partial charge is 0.481 e. The average Bonchev–Trinajstić information content (AvgIpc) is 3.33. The van der Waals surface area contributed by atoms with Crippen LogP contribution >= 0.6 is 11.3 Å². The molecule has 0 unspecified atom stereocenters. The Bertz CT molecular complexity index is 779. The Balaban J connectivity index is 1.85. The maximum Gasteiger partial charge on any atom is 0.305 e. The molecule has 7 nitrogen and oxygen atoms in total. The molecule has 8 heteroatoms. The van der Waals surface area contributed by atoms with Crippen molar-refractivity contribution >= 4 is 23.2 Å². The second-order valence-corrected chi connectivity index (χ2v) is 7.34. The number of nitrogens with zero attached hydrogens (tertiary/aromatic N) is 3. The molecule has 1 aliphatic heterocycles. The van der Waals surface area contributed by atoms with Crippen LogP contribution in [0.5, 0.6) is 0 Å². The molecule has 26 heavy (non-hydrogen) atoms. The van der Waals surface area contributed by atoms with Gasteiger partial charge in [0.25, 0.3) is 5.91 Å². The lowest BCUT2D eigenvalue weighted by Gasteiger charge is -2.25. The molecule has 3 heterocycles. The van der Waals surface area contributed by atoms with Crippen LogP contribution in [0.4, 0.5) is 0 Å². The van der Waals surface area contributed by atoms with Crippen molar-refractivity contribution < 1.29 is 19.4 Å². The van der Waals surface area contributed by atoms with Gasteiger partial charge in [0.2, 0.25) is 0 Å². The van der Waals surface area contributed by atoms with E-state index in [9.17, 15) is 9.59 Å². The summed E-state index contributed by atoms with van der Waals surface area (Å²) in [6.07, 6.45) is 3.51. The van der Waals surface area contributed by atoms with Gasteiger partial charge in [-0.1, -0.05) is 0 Å². The van der Waals surface area contributed by atoms with Crippen molar-refractivity contribution in [1.82, 2.24) is 14.5 Å². The minimum Gasteiger partial charge on any atom is -0.481 e. The third-order valence-corrected chi connectivity index (χ3v) is 5.36. The van der Waals surface area contributed by atoms with E-state index in [1.165, 1.54) is 11.3 Å². The molecule has 0 aliphatic carbocycles. The summed E-state index contributed by atoms with van der Waals surface area (Å²) in [7, 11) is 0. The minimum atomic E-state index is -0.914. The van der Waals surface area contributed by atoms with Gasteiger partial charge in [-0.3, -0.25) is 14.2 Å². The maximum atomic E-state index is 13.1. The van der Waals surface area contributed by atoms with Crippen LogP contribution in [-0.4, -0.2) is 57.2 Å². The Labute approximate surface area is 156 Å². The van der Waals surface area contributed by atoms with Gasteiger partial charge in [-0.05, 0) is 32.8 Å². The zero-order valence-corrected chi connectivity index (χ0v) is 15.8. The Morgan fingerprint density at radius 2 is 2.27 bits per heavy atom. The van der Waals surface area contributed by atoms with E-state index in [0.717, 1.165) is 29.4 Å². The summed E-state index contributed by atoms with van der Waals surface area (Å²) in [6.45, 7) is 5.13. The number of ether oxygens (including phenoxy) is 1. The molecule has 0 saturated carbocycles. The van der Waals surface area contributed by atoms with Gasteiger partial charge < -0.3 is 14.7 Å².